The monoisotopic (exact) mass is 293 g/mol. The number of nitrogens with one attached hydrogen (secondary N) is 2. The zero-order valence-electron chi connectivity index (χ0n) is 11.9. The first kappa shape index (κ1) is 15.2. The minimum absolute atomic E-state index is 0.0996. The van der Waals surface area contributed by atoms with Gasteiger partial charge in [0.05, 0.1) is 17.6 Å². The van der Waals surface area contributed by atoms with Gasteiger partial charge < -0.3 is 15.4 Å². The molecule has 114 valence electrons. The van der Waals surface area contributed by atoms with Crippen LogP contribution in [0, 0.1) is 16.0 Å². The Morgan fingerprint density at radius 3 is 2.81 bits per heavy atom. The van der Waals surface area contributed by atoms with Crippen molar-refractivity contribution >= 4 is 17.3 Å². The molecule has 2 rings (SSSR count). The minimum atomic E-state index is -0.513. The molecule has 1 heterocycles. The highest BCUT2D eigenvalue weighted by Gasteiger charge is 2.24. The molecule has 0 atom stereocenters. The SMILES string of the molecule is CCOc1ccc(NC(=O)C2CCNCC2)c([N+](=O)[O-])c1. The molecule has 1 aliphatic rings. The Labute approximate surface area is 122 Å². The topological polar surface area (TPSA) is 93.5 Å². The van der Waals surface area contributed by atoms with Gasteiger partial charge in [-0.3, -0.25) is 14.9 Å². The van der Waals surface area contributed by atoms with Crippen molar-refractivity contribution in [2.45, 2.75) is 19.8 Å². The third-order valence-electron chi connectivity index (χ3n) is 3.44. The molecule has 0 aliphatic carbocycles. The van der Waals surface area contributed by atoms with Gasteiger partial charge in [-0.2, -0.15) is 0 Å². The predicted octanol–water partition coefficient (Wildman–Crippen LogP) is 1.93. The van der Waals surface area contributed by atoms with Crippen LogP contribution in [-0.2, 0) is 4.79 Å². The maximum atomic E-state index is 12.2. The third kappa shape index (κ3) is 3.91. The molecule has 0 bridgehead atoms. The van der Waals surface area contributed by atoms with Crippen molar-refractivity contribution in [2.24, 2.45) is 5.92 Å². The normalized spacial score (nSPS) is 15.5. The van der Waals surface area contributed by atoms with Crippen molar-refractivity contribution in [3.8, 4) is 5.75 Å². The van der Waals surface area contributed by atoms with E-state index in [1.54, 1.807) is 13.0 Å². The Morgan fingerprint density at radius 2 is 2.19 bits per heavy atom. The van der Waals surface area contributed by atoms with Crippen LogP contribution in [0.15, 0.2) is 18.2 Å². The second-order valence-corrected chi connectivity index (χ2v) is 4.88. The summed E-state index contributed by atoms with van der Waals surface area (Å²) in [6.45, 7) is 3.82. The third-order valence-corrected chi connectivity index (χ3v) is 3.44. The number of anilines is 1. The van der Waals surface area contributed by atoms with Crippen molar-refractivity contribution in [3.05, 3.63) is 28.3 Å². The molecule has 0 spiro atoms. The average Bonchev–Trinajstić information content (AvgIpc) is 2.49. The zero-order valence-corrected chi connectivity index (χ0v) is 11.9. The Hall–Kier alpha value is -2.15. The van der Waals surface area contributed by atoms with Crippen molar-refractivity contribution in [2.75, 3.05) is 25.0 Å². The number of carbonyl (C=O) groups excluding carboxylic acids is 1. The lowest BCUT2D eigenvalue weighted by atomic mass is 9.97. The summed E-state index contributed by atoms with van der Waals surface area (Å²) in [6.07, 6.45) is 1.49. The second kappa shape index (κ2) is 7.03. The summed E-state index contributed by atoms with van der Waals surface area (Å²) in [4.78, 5) is 22.8. The van der Waals surface area contributed by atoms with Crippen LogP contribution in [0.3, 0.4) is 0 Å². The highest BCUT2D eigenvalue weighted by molar-refractivity contribution is 5.94. The number of ether oxygens (including phenoxy) is 1. The number of hydrogen-bond acceptors (Lipinski definition) is 5. The molecule has 1 saturated heterocycles. The number of rotatable bonds is 5. The van der Waals surface area contributed by atoms with Crippen LogP contribution in [-0.4, -0.2) is 30.5 Å². The zero-order chi connectivity index (χ0) is 15.2. The molecule has 0 unspecified atom stereocenters. The van der Waals surface area contributed by atoms with E-state index in [4.69, 9.17) is 4.74 Å². The molecule has 1 amide bonds. The van der Waals surface area contributed by atoms with Gasteiger partial charge in [0.25, 0.3) is 5.69 Å². The summed E-state index contributed by atoms with van der Waals surface area (Å²) >= 11 is 0. The number of nitro benzene ring substituents is 1. The summed E-state index contributed by atoms with van der Waals surface area (Å²) in [5, 5.41) is 17.0. The van der Waals surface area contributed by atoms with Crippen LogP contribution in [0.5, 0.6) is 5.75 Å². The van der Waals surface area contributed by atoms with Gasteiger partial charge in [-0.1, -0.05) is 0 Å². The van der Waals surface area contributed by atoms with Crippen molar-refractivity contribution in [1.82, 2.24) is 5.32 Å². The van der Waals surface area contributed by atoms with Crippen LogP contribution < -0.4 is 15.4 Å². The molecule has 0 saturated carbocycles. The van der Waals surface area contributed by atoms with Gasteiger partial charge in [0.15, 0.2) is 0 Å². The van der Waals surface area contributed by atoms with Gasteiger partial charge in [0.1, 0.15) is 11.4 Å². The number of nitrogens with zero attached hydrogens (tertiary/aromatic N) is 1. The van der Waals surface area contributed by atoms with Crippen molar-refractivity contribution in [1.29, 1.82) is 0 Å². The number of amides is 1. The van der Waals surface area contributed by atoms with E-state index in [-0.39, 0.29) is 23.2 Å². The molecule has 0 aromatic heterocycles. The van der Waals surface area contributed by atoms with Crippen molar-refractivity contribution in [3.63, 3.8) is 0 Å². The van der Waals surface area contributed by atoms with Crippen LogP contribution in [0.25, 0.3) is 0 Å². The maximum Gasteiger partial charge on any atom is 0.296 e. The largest absolute Gasteiger partial charge is 0.494 e. The average molecular weight is 293 g/mol. The maximum absolute atomic E-state index is 12.2. The van der Waals surface area contributed by atoms with Gasteiger partial charge in [0, 0.05) is 5.92 Å². The van der Waals surface area contributed by atoms with Crippen LogP contribution in [0.4, 0.5) is 11.4 Å². The van der Waals surface area contributed by atoms with Crippen LogP contribution >= 0.6 is 0 Å². The Kier molecular flexibility index (Phi) is 5.10. The molecule has 7 nitrogen and oxygen atoms in total. The number of benzene rings is 1. The smallest absolute Gasteiger partial charge is 0.296 e. The molecular weight excluding hydrogens is 274 g/mol. The highest BCUT2D eigenvalue weighted by Crippen LogP contribution is 2.30. The molecule has 2 N–H and O–H groups in total. The first-order valence-electron chi connectivity index (χ1n) is 7.04. The first-order chi connectivity index (χ1) is 10.1. The van der Waals surface area contributed by atoms with E-state index >= 15 is 0 Å². The van der Waals surface area contributed by atoms with Gasteiger partial charge in [-0.05, 0) is 45.0 Å². The van der Waals surface area contributed by atoms with E-state index < -0.39 is 4.92 Å². The van der Waals surface area contributed by atoms with E-state index in [0.717, 1.165) is 25.9 Å². The van der Waals surface area contributed by atoms with E-state index in [1.165, 1.54) is 12.1 Å². The van der Waals surface area contributed by atoms with Crippen molar-refractivity contribution < 1.29 is 14.5 Å². The lowest BCUT2D eigenvalue weighted by Crippen LogP contribution is -2.34. The minimum Gasteiger partial charge on any atom is -0.494 e. The van der Waals surface area contributed by atoms with Gasteiger partial charge in [-0.15, -0.1) is 0 Å². The fourth-order valence-electron chi connectivity index (χ4n) is 2.34. The fourth-order valence-corrected chi connectivity index (χ4v) is 2.34. The van der Waals surface area contributed by atoms with Gasteiger partial charge >= 0.3 is 0 Å². The van der Waals surface area contributed by atoms with E-state index in [9.17, 15) is 14.9 Å². The molecular formula is C14H19N3O4. The van der Waals surface area contributed by atoms with Crippen LogP contribution in [0.1, 0.15) is 19.8 Å². The summed E-state index contributed by atoms with van der Waals surface area (Å²) < 4.78 is 5.25. The summed E-state index contributed by atoms with van der Waals surface area (Å²) in [6, 6.07) is 4.47. The molecule has 1 aliphatic heterocycles. The predicted molar refractivity (Wildman–Crippen MR) is 78.5 cm³/mol. The Balaban J connectivity index is 2.14. The highest BCUT2D eigenvalue weighted by atomic mass is 16.6. The Morgan fingerprint density at radius 1 is 1.48 bits per heavy atom. The number of piperidine rings is 1. The summed E-state index contributed by atoms with van der Waals surface area (Å²) in [5.41, 5.74) is 0.0650. The van der Waals surface area contributed by atoms with E-state index in [1.807, 2.05) is 0 Å². The number of hydrogen-bond donors (Lipinski definition) is 2. The lowest BCUT2D eigenvalue weighted by Gasteiger charge is -2.21. The molecule has 21 heavy (non-hydrogen) atoms. The van der Waals surface area contributed by atoms with E-state index in [2.05, 4.69) is 10.6 Å². The lowest BCUT2D eigenvalue weighted by molar-refractivity contribution is -0.384. The fraction of sp³-hybridized carbons (Fsp3) is 0.500. The summed E-state index contributed by atoms with van der Waals surface area (Å²) in [7, 11) is 0. The molecule has 1 aromatic rings. The molecule has 7 heteroatoms. The number of carbonyl (C=O) groups is 1. The summed E-state index contributed by atoms with van der Waals surface area (Å²) in [5.74, 6) is 0.158. The van der Waals surface area contributed by atoms with Gasteiger partial charge in [0.2, 0.25) is 5.91 Å². The standard InChI is InChI=1S/C14H19N3O4/c1-2-21-11-3-4-12(13(9-11)17(19)20)16-14(18)10-5-7-15-8-6-10/h3-4,9-10,15H,2,5-8H2,1H3,(H,16,18). The van der Waals surface area contributed by atoms with E-state index in [0.29, 0.717) is 12.4 Å². The molecule has 0 radical (unpaired) electrons. The molecule has 1 fully saturated rings. The quantitative estimate of drug-likeness (QED) is 0.639. The van der Waals surface area contributed by atoms with Gasteiger partial charge in [-0.25, -0.2) is 0 Å². The first-order valence-corrected chi connectivity index (χ1v) is 7.04. The molecule has 1 aromatic carbocycles. The number of nitro groups is 1. The van der Waals surface area contributed by atoms with Crippen LogP contribution in [0.2, 0.25) is 0 Å². The second-order valence-electron chi connectivity index (χ2n) is 4.88. The Bertz CT molecular complexity index is 527.